The second-order valence-corrected chi connectivity index (χ2v) is 6.87. The highest BCUT2D eigenvalue weighted by Gasteiger charge is 2.23. The standard InChI is InChI=1S/C11H16ClNO3S/c1-11(2,13)7-5-8(12)10(16-3)9(6-7)17(4,14)15/h5-6H,13H2,1-4H3. The molecule has 0 aliphatic heterocycles. The van der Waals surface area contributed by atoms with Gasteiger partial charge in [0.05, 0.1) is 12.1 Å². The Kier molecular flexibility index (Phi) is 3.76. The van der Waals surface area contributed by atoms with Crippen molar-refractivity contribution in [3.8, 4) is 5.75 Å². The fourth-order valence-corrected chi connectivity index (χ4v) is 2.64. The highest BCUT2D eigenvalue weighted by Crippen LogP contribution is 2.35. The molecule has 0 radical (unpaired) electrons. The number of nitrogens with two attached hydrogens (primary N) is 1. The molecule has 4 nitrogen and oxygen atoms in total. The van der Waals surface area contributed by atoms with Crippen LogP contribution in [0.15, 0.2) is 17.0 Å². The maximum absolute atomic E-state index is 11.7. The zero-order chi connectivity index (χ0) is 13.4. The molecule has 0 spiro atoms. The first-order valence-electron chi connectivity index (χ1n) is 4.94. The minimum atomic E-state index is -3.42. The van der Waals surface area contributed by atoms with Crippen LogP contribution in [0.25, 0.3) is 0 Å². The Balaban J connectivity index is 3.63. The molecule has 0 saturated carbocycles. The molecule has 96 valence electrons. The third-order valence-electron chi connectivity index (χ3n) is 2.36. The Hall–Kier alpha value is -0.780. The van der Waals surface area contributed by atoms with Crippen LogP contribution in [0.5, 0.6) is 5.75 Å². The molecule has 17 heavy (non-hydrogen) atoms. The second-order valence-electron chi connectivity index (χ2n) is 4.48. The van der Waals surface area contributed by atoms with Gasteiger partial charge in [0, 0.05) is 11.8 Å². The summed E-state index contributed by atoms with van der Waals surface area (Å²) in [6, 6.07) is 3.12. The summed E-state index contributed by atoms with van der Waals surface area (Å²) in [6.07, 6.45) is 1.11. The van der Waals surface area contributed by atoms with Crippen LogP contribution in [0, 0.1) is 0 Å². The van der Waals surface area contributed by atoms with E-state index < -0.39 is 15.4 Å². The van der Waals surface area contributed by atoms with Crippen LogP contribution >= 0.6 is 11.6 Å². The van der Waals surface area contributed by atoms with Crippen molar-refractivity contribution in [1.29, 1.82) is 0 Å². The van der Waals surface area contributed by atoms with Gasteiger partial charge in [0.25, 0.3) is 0 Å². The van der Waals surface area contributed by atoms with E-state index in [4.69, 9.17) is 22.1 Å². The van der Waals surface area contributed by atoms with E-state index in [1.165, 1.54) is 13.2 Å². The number of ether oxygens (including phenoxy) is 1. The predicted molar refractivity (Wildman–Crippen MR) is 68.3 cm³/mol. The van der Waals surface area contributed by atoms with E-state index in [0.717, 1.165) is 6.26 Å². The van der Waals surface area contributed by atoms with Gasteiger partial charge in [-0.05, 0) is 31.5 Å². The van der Waals surface area contributed by atoms with Crippen LogP contribution in [-0.4, -0.2) is 21.8 Å². The van der Waals surface area contributed by atoms with Gasteiger partial charge >= 0.3 is 0 Å². The Morgan fingerprint density at radius 2 is 1.88 bits per heavy atom. The molecule has 0 saturated heterocycles. The van der Waals surface area contributed by atoms with Crippen LogP contribution in [0.1, 0.15) is 19.4 Å². The van der Waals surface area contributed by atoms with E-state index in [1.54, 1.807) is 19.9 Å². The molecule has 0 fully saturated rings. The van der Waals surface area contributed by atoms with Crippen LogP contribution in [-0.2, 0) is 15.4 Å². The van der Waals surface area contributed by atoms with E-state index in [0.29, 0.717) is 5.56 Å². The summed E-state index contributed by atoms with van der Waals surface area (Å²) in [5.74, 6) is 0.155. The molecule has 0 heterocycles. The second kappa shape index (κ2) is 4.48. The first-order valence-corrected chi connectivity index (χ1v) is 7.21. The van der Waals surface area contributed by atoms with Crippen molar-refractivity contribution in [1.82, 2.24) is 0 Å². The van der Waals surface area contributed by atoms with Crippen LogP contribution in [0.3, 0.4) is 0 Å². The zero-order valence-corrected chi connectivity index (χ0v) is 11.8. The van der Waals surface area contributed by atoms with Gasteiger partial charge in [-0.1, -0.05) is 11.6 Å². The van der Waals surface area contributed by atoms with Crippen LogP contribution in [0.2, 0.25) is 5.02 Å². The lowest BCUT2D eigenvalue weighted by Crippen LogP contribution is -2.29. The summed E-state index contributed by atoms with van der Waals surface area (Å²) in [4.78, 5) is 0.0565. The molecule has 0 aliphatic rings. The van der Waals surface area contributed by atoms with E-state index in [9.17, 15) is 8.42 Å². The summed E-state index contributed by atoms with van der Waals surface area (Å²) < 4.78 is 28.3. The Morgan fingerprint density at radius 1 is 1.35 bits per heavy atom. The fourth-order valence-electron chi connectivity index (χ4n) is 1.41. The number of halogens is 1. The average molecular weight is 278 g/mol. The molecule has 6 heteroatoms. The predicted octanol–water partition coefficient (Wildman–Crippen LogP) is 1.95. The number of methoxy groups -OCH3 is 1. The number of hydrogen-bond acceptors (Lipinski definition) is 4. The average Bonchev–Trinajstić information content (AvgIpc) is 2.13. The van der Waals surface area contributed by atoms with Crippen molar-refractivity contribution in [3.63, 3.8) is 0 Å². The molecule has 2 N–H and O–H groups in total. The molecule has 1 aromatic rings. The highest BCUT2D eigenvalue weighted by molar-refractivity contribution is 7.90. The van der Waals surface area contributed by atoms with Crippen molar-refractivity contribution in [2.24, 2.45) is 5.73 Å². The van der Waals surface area contributed by atoms with E-state index in [2.05, 4.69) is 0 Å². The quantitative estimate of drug-likeness (QED) is 0.917. The summed E-state index contributed by atoms with van der Waals surface area (Å²) in [7, 11) is -2.04. The normalized spacial score (nSPS) is 12.6. The number of sulfone groups is 1. The first kappa shape index (κ1) is 14.3. The summed E-state index contributed by atoms with van der Waals surface area (Å²) in [5, 5.41) is 0.240. The van der Waals surface area contributed by atoms with Gasteiger partial charge in [-0.25, -0.2) is 8.42 Å². The molecular weight excluding hydrogens is 262 g/mol. The van der Waals surface area contributed by atoms with Gasteiger partial charge in [0.1, 0.15) is 4.90 Å². The molecule has 1 aromatic carbocycles. The van der Waals surface area contributed by atoms with Gasteiger partial charge in [0.2, 0.25) is 0 Å². The van der Waals surface area contributed by atoms with Gasteiger partial charge in [-0.3, -0.25) is 0 Å². The lowest BCUT2D eigenvalue weighted by molar-refractivity contribution is 0.402. The molecule has 0 amide bonds. The first-order chi connectivity index (χ1) is 7.57. The third kappa shape index (κ3) is 3.12. The molecular formula is C11H16ClNO3S. The monoisotopic (exact) mass is 277 g/mol. The van der Waals surface area contributed by atoms with Crippen LogP contribution < -0.4 is 10.5 Å². The fraction of sp³-hybridized carbons (Fsp3) is 0.455. The Labute approximate surface area is 107 Å². The number of benzene rings is 1. The van der Waals surface area contributed by atoms with E-state index in [-0.39, 0.29) is 15.7 Å². The van der Waals surface area contributed by atoms with Gasteiger partial charge in [0.15, 0.2) is 15.6 Å². The largest absolute Gasteiger partial charge is 0.494 e. The topological polar surface area (TPSA) is 69.4 Å². The van der Waals surface area contributed by atoms with Crippen molar-refractivity contribution >= 4 is 21.4 Å². The molecule has 0 atom stereocenters. The minimum Gasteiger partial charge on any atom is -0.494 e. The minimum absolute atomic E-state index is 0.0565. The number of hydrogen-bond donors (Lipinski definition) is 1. The Bertz CT molecular complexity index is 532. The van der Waals surface area contributed by atoms with Crippen LogP contribution in [0.4, 0.5) is 0 Å². The number of rotatable bonds is 3. The van der Waals surface area contributed by atoms with Gasteiger partial charge < -0.3 is 10.5 Å². The Morgan fingerprint density at radius 3 is 2.24 bits per heavy atom. The summed E-state index contributed by atoms with van der Waals surface area (Å²) in [6.45, 7) is 3.55. The van der Waals surface area contributed by atoms with Gasteiger partial charge in [-0.2, -0.15) is 0 Å². The maximum Gasteiger partial charge on any atom is 0.179 e. The smallest absolute Gasteiger partial charge is 0.179 e. The zero-order valence-electron chi connectivity index (χ0n) is 10.2. The van der Waals surface area contributed by atoms with Crippen molar-refractivity contribution in [3.05, 3.63) is 22.7 Å². The summed E-state index contributed by atoms with van der Waals surface area (Å²) in [5.41, 5.74) is 5.91. The summed E-state index contributed by atoms with van der Waals surface area (Å²) >= 11 is 6.00. The third-order valence-corrected chi connectivity index (χ3v) is 3.74. The maximum atomic E-state index is 11.7. The highest BCUT2D eigenvalue weighted by atomic mass is 35.5. The molecule has 0 aromatic heterocycles. The molecule has 0 unspecified atom stereocenters. The van der Waals surface area contributed by atoms with E-state index >= 15 is 0 Å². The lowest BCUT2D eigenvalue weighted by Gasteiger charge is -2.21. The van der Waals surface area contributed by atoms with Crippen molar-refractivity contribution in [2.45, 2.75) is 24.3 Å². The molecule has 0 aliphatic carbocycles. The lowest BCUT2D eigenvalue weighted by atomic mass is 9.96. The van der Waals surface area contributed by atoms with Crippen molar-refractivity contribution in [2.75, 3.05) is 13.4 Å². The molecule has 1 rings (SSSR count). The SMILES string of the molecule is COc1c(Cl)cc(C(C)(C)N)cc1S(C)(=O)=O. The van der Waals surface area contributed by atoms with Gasteiger partial charge in [-0.15, -0.1) is 0 Å². The van der Waals surface area contributed by atoms with E-state index in [1.807, 2.05) is 0 Å². The molecule has 0 bridgehead atoms. The van der Waals surface area contributed by atoms with Crippen molar-refractivity contribution < 1.29 is 13.2 Å².